The predicted octanol–water partition coefficient (Wildman–Crippen LogP) is 4.83. The van der Waals surface area contributed by atoms with E-state index in [1.165, 1.54) is 17.3 Å². The van der Waals surface area contributed by atoms with Crippen LogP contribution in [-0.4, -0.2) is 16.5 Å². The Balaban J connectivity index is 2.03. The van der Waals surface area contributed by atoms with Crippen molar-refractivity contribution in [3.05, 3.63) is 35.2 Å². The molecule has 0 spiro atoms. The maximum Gasteiger partial charge on any atom is 0.150 e. The van der Waals surface area contributed by atoms with E-state index in [-0.39, 0.29) is 11.2 Å². The summed E-state index contributed by atoms with van der Waals surface area (Å²) < 4.78 is 0.957. The minimum Gasteiger partial charge on any atom is -0.298 e. The Morgan fingerprint density at radius 1 is 1.25 bits per heavy atom. The molecule has 0 unspecified atom stereocenters. The number of nitrogens with zero attached hydrogens (tertiary/aromatic N) is 1. The van der Waals surface area contributed by atoms with E-state index < -0.39 is 0 Å². The van der Waals surface area contributed by atoms with E-state index in [2.05, 4.69) is 41.6 Å². The summed E-state index contributed by atoms with van der Waals surface area (Å²) in [5.74, 6) is 0.749. The third-order valence-corrected chi connectivity index (χ3v) is 5.01. The maximum atomic E-state index is 11.9. The average Bonchev–Trinajstić information content (AvgIpc) is 2.84. The lowest BCUT2D eigenvalue weighted by Gasteiger charge is -2.15. The van der Waals surface area contributed by atoms with Gasteiger partial charge in [0.1, 0.15) is 5.78 Å². The molecule has 0 radical (unpaired) electrons. The van der Waals surface area contributed by atoms with E-state index in [1.807, 2.05) is 20.8 Å². The molecular formula is C16H19NOS2. The molecule has 0 saturated carbocycles. The lowest BCUT2D eigenvalue weighted by atomic mass is 9.92. The Hall–Kier alpha value is -1.13. The van der Waals surface area contributed by atoms with E-state index in [1.54, 1.807) is 11.3 Å². The molecule has 4 heteroatoms. The highest BCUT2D eigenvalue weighted by Crippen LogP contribution is 2.29. The predicted molar refractivity (Wildman–Crippen MR) is 87.5 cm³/mol. The average molecular weight is 305 g/mol. The highest BCUT2D eigenvalue weighted by atomic mass is 32.2. The highest BCUT2D eigenvalue weighted by Gasteiger charge is 2.21. The number of ketones is 1. The number of thioether (sulfide) groups is 1. The van der Waals surface area contributed by atoms with Gasteiger partial charge in [0.15, 0.2) is 4.34 Å². The van der Waals surface area contributed by atoms with Crippen LogP contribution in [0.4, 0.5) is 0 Å². The number of Topliss-reactive ketones (excluding diaryl/α,β-unsaturated/α-hetero) is 1. The summed E-state index contributed by atoms with van der Waals surface area (Å²) in [5, 5.41) is 2.05. The molecule has 1 aromatic heterocycles. The second kappa shape index (κ2) is 6.10. The van der Waals surface area contributed by atoms with Crippen molar-refractivity contribution < 1.29 is 4.79 Å². The molecule has 20 heavy (non-hydrogen) atoms. The van der Waals surface area contributed by atoms with Crippen molar-refractivity contribution in [1.82, 2.24) is 4.98 Å². The van der Waals surface area contributed by atoms with E-state index in [0.29, 0.717) is 5.75 Å². The Bertz CT molecular complexity index is 594. The van der Waals surface area contributed by atoms with Crippen LogP contribution in [0, 0.1) is 12.3 Å². The summed E-state index contributed by atoms with van der Waals surface area (Å²) in [5.41, 5.74) is 3.08. The number of carbonyl (C=O) groups is 1. The molecule has 0 saturated heterocycles. The number of hydrogen-bond acceptors (Lipinski definition) is 4. The summed E-state index contributed by atoms with van der Waals surface area (Å²) in [6.07, 6.45) is 0. The molecule has 0 aliphatic carbocycles. The molecule has 0 fully saturated rings. The topological polar surface area (TPSA) is 30.0 Å². The van der Waals surface area contributed by atoms with Gasteiger partial charge in [0.2, 0.25) is 0 Å². The molecule has 0 amide bonds. The summed E-state index contributed by atoms with van der Waals surface area (Å²) in [6.45, 7) is 7.94. The zero-order valence-corrected chi connectivity index (χ0v) is 13.9. The standard InChI is InChI=1S/C16H19NOS2/c1-11-5-7-12(8-6-11)13-9-19-15(17-13)20-10-14(18)16(2,3)4/h5-9H,10H2,1-4H3. The van der Waals surface area contributed by atoms with Crippen LogP contribution in [0.5, 0.6) is 0 Å². The Morgan fingerprint density at radius 2 is 1.90 bits per heavy atom. The second-order valence-electron chi connectivity index (χ2n) is 5.83. The zero-order valence-electron chi connectivity index (χ0n) is 12.3. The molecule has 1 heterocycles. The number of thiazole rings is 1. The molecular weight excluding hydrogens is 286 g/mol. The highest BCUT2D eigenvalue weighted by molar-refractivity contribution is 8.01. The first kappa shape index (κ1) is 15.3. The van der Waals surface area contributed by atoms with Gasteiger partial charge in [-0.15, -0.1) is 11.3 Å². The molecule has 0 N–H and O–H groups in total. The molecule has 0 aliphatic heterocycles. The van der Waals surface area contributed by atoms with Crippen molar-refractivity contribution in [2.75, 3.05) is 5.75 Å². The summed E-state index contributed by atoms with van der Waals surface area (Å²) in [6, 6.07) is 8.34. The number of rotatable bonds is 4. The lowest BCUT2D eigenvalue weighted by molar-refractivity contribution is -0.123. The van der Waals surface area contributed by atoms with Crippen molar-refractivity contribution in [3.63, 3.8) is 0 Å². The van der Waals surface area contributed by atoms with E-state index >= 15 is 0 Å². The monoisotopic (exact) mass is 305 g/mol. The van der Waals surface area contributed by atoms with Gasteiger partial charge in [-0.2, -0.15) is 0 Å². The van der Waals surface area contributed by atoms with E-state index in [0.717, 1.165) is 15.6 Å². The molecule has 2 aromatic rings. The van der Waals surface area contributed by atoms with Crippen LogP contribution in [0.2, 0.25) is 0 Å². The SMILES string of the molecule is Cc1ccc(-c2csc(SCC(=O)C(C)(C)C)n2)cc1. The Morgan fingerprint density at radius 3 is 2.50 bits per heavy atom. The van der Waals surface area contributed by atoms with Crippen molar-refractivity contribution in [1.29, 1.82) is 0 Å². The second-order valence-corrected chi connectivity index (χ2v) is 7.91. The lowest BCUT2D eigenvalue weighted by Crippen LogP contribution is -2.21. The Kier molecular flexibility index (Phi) is 4.66. The third-order valence-electron chi connectivity index (χ3n) is 2.99. The van der Waals surface area contributed by atoms with Crippen LogP contribution in [0.3, 0.4) is 0 Å². The molecule has 0 aliphatic rings. The van der Waals surface area contributed by atoms with Crippen LogP contribution in [0.25, 0.3) is 11.3 Å². The van der Waals surface area contributed by atoms with Gasteiger partial charge >= 0.3 is 0 Å². The molecule has 0 bridgehead atoms. The van der Waals surface area contributed by atoms with Gasteiger partial charge in [0.25, 0.3) is 0 Å². The van der Waals surface area contributed by atoms with Crippen LogP contribution < -0.4 is 0 Å². The van der Waals surface area contributed by atoms with E-state index in [9.17, 15) is 4.79 Å². The number of carbonyl (C=O) groups excluding carboxylic acids is 1. The fraction of sp³-hybridized carbons (Fsp3) is 0.375. The summed E-state index contributed by atoms with van der Waals surface area (Å²) in [7, 11) is 0. The van der Waals surface area contributed by atoms with Crippen molar-refractivity contribution in [2.24, 2.45) is 5.41 Å². The van der Waals surface area contributed by atoms with Crippen LogP contribution in [-0.2, 0) is 4.79 Å². The Labute approximate surface area is 128 Å². The smallest absolute Gasteiger partial charge is 0.150 e. The molecule has 0 atom stereocenters. The largest absolute Gasteiger partial charge is 0.298 e. The minimum atomic E-state index is -0.274. The summed E-state index contributed by atoms with van der Waals surface area (Å²) in [4.78, 5) is 16.5. The zero-order chi connectivity index (χ0) is 14.8. The van der Waals surface area contributed by atoms with Gasteiger partial charge in [-0.25, -0.2) is 4.98 Å². The van der Waals surface area contributed by atoms with Gasteiger partial charge in [0.05, 0.1) is 11.4 Å². The van der Waals surface area contributed by atoms with Crippen LogP contribution >= 0.6 is 23.1 Å². The minimum absolute atomic E-state index is 0.259. The van der Waals surface area contributed by atoms with Crippen LogP contribution in [0.15, 0.2) is 34.0 Å². The fourth-order valence-electron chi connectivity index (χ4n) is 1.52. The number of hydrogen-bond donors (Lipinski definition) is 0. The first-order valence-corrected chi connectivity index (χ1v) is 8.41. The third kappa shape index (κ3) is 3.93. The molecule has 106 valence electrons. The normalized spacial score (nSPS) is 11.6. The maximum absolute atomic E-state index is 11.9. The van der Waals surface area contributed by atoms with E-state index in [4.69, 9.17) is 0 Å². The fourth-order valence-corrected chi connectivity index (χ4v) is 3.52. The van der Waals surface area contributed by atoms with Crippen LogP contribution in [0.1, 0.15) is 26.3 Å². The van der Waals surface area contributed by atoms with Gasteiger partial charge in [-0.1, -0.05) is 62.4 Å². The quantitative estimate of drug-likeness (QED) is 0.758. The molecule has 1 aromatic carbocycles. The van der Waals surface area contributed by atoms with Crippen molar-refractivity contribution >= 4 is 28.9 Å². The molecule has 2 nitrogen and oxygen atoms in total. The van der Waals surface area contributed by atoms with Crippen molar-refractivity contribution in [3.8, 4) is 11.3 Å². The first-order chi connectivity index (χ1) is 9.36. The molecule has 2 rings (SSSR count). The van der Waals surface area contributed by atoms with Gasteiger partial charge in [-0.05, 0) is 6.92 Å². The van der Waals surface area contributed by atoms with Crippen molar-refractivity contribution in [2.45, 2.75) is 32.0 Å². The van der Waals surface area contributed by atoms with Gasteiger partial charge < -0.3 is 0 Å². The van der Waals surface area contributed by atoms with Gasteiger partial charge in [0, 0.05) is 16.4 Å². The first-order valence-electron chi connectivity index (χ1n) is 6.55. The number of aryl methyl sites for hydroxylation is 1. The van der Waals surface area contributed by atoms with Gasteiger partial charge in [-0.3, -0.25) is 4.79 Å². The number of benzene rings is 1. The summed E-state index contributed by atoms with van der Waals surface area (Å²) >= 11 is 3.13. The number of aromatic nitrogens is 1.